The number of cyclic esters (lactones) is 3. The van der Waals surface area contributed by atoms with Gasteiger partial charge in [-0.25, -0.2) is 14.4 Å². The molecule has 0 saturated carbocycles. The van der Waals surface area contributed by atoms with Gasteiger partial charge in [0.1, 0.15) is 12.9 Å². The van der Waals surface area contributed by atoms with E-state index in [0.717, 1.165) is 18.4 Å². The van der Waals surface area contributed by atoms with Crippen LogP contribution < -0.4 is 0 Å². The lowest BCUT2D eigenvalue weighted by molar-refractivity contribution is -0.139. The average molecular weight is 286 g/mol. The van der Waals surface area contributed by atoms with Crippen molar-refractivity contribution in [3.05, 3.63) is 24.0 Å². The smallest absolute Gasteiger partial charge is 0.462 e. The van der Waals surface area contributed by atoms with E-state index in [2.05, 4.69) is 14.2 Å². The van der Waals surface area contributed by atoms with Crippen LogP contribution in [0.4, 0.5) is 4.79 Å². The number of aliphatic hydroxyl groups excluding tert-OH is 1. The minimum absolute atomic E-state index is 0.0756. The lowest BCUT2D eigenvalue weighted by Crippen LogP contribution is -2.15. The number of rotatable bonds is 4. The monoisotopic (exact) mass is 286 g/mol. The second-order valence-electron chi connectivity index (χ2n) is 3.50. The van der Waals surface area contributed by atoms with Crippen LogP contribution in [-0.4, -0.2) is 49.6 Å². The molecule has 0 saturated heterocycles. The predicted octanol–water partition coefficient (Wildman–Crippen LogP) is 0.0621. The van der Waals surface area contributed by atoms with E-state index in [1.807, 2.05) is 0 Å². The number of carbonyl (C=O) groups is 3. The summed E-state index contributed by atoms with van der Waals surface area (Å²) in [5.41, 5.74) is -0.148. The Kier molecular flexibility index (Phi) is 6.83. The van der Waals surface area contributed by atoms with Crippen molar-refractivity contribution in [1.29, 1.82) is 0 Å². The van der Waals surface area contributed by atoms with E-state index in [9.17, 15) is 14.4 Å². The van der Waals surface area contributed by atoms with Gasteiger partial charge in [0.15, 0.2) is 0 Å². The molecule has 0 radical (unpaired) electrons. The van der Waals surface area contributed by atoms with Gasteiger partial charge in [-0.1, -0.05) is 0 Å². The molecule has 0 aromatic heterocycles. The molecule has 0 bridgehead atoms. The topological polar surface area (TPSA) is 108 Å². The molecule has 0 spiro atoms. The van der Waals surface area contributed by atoms with Crippen LogP contribution in [0.15, 0.2) is 24.0 Å². The molecule has 0 aromatic carbocycles. The standard InChI is InChI=1S/C12H14O8/c13-4-7-17-10(14)3-2-9-8-20-12(16)19-6-1-5-18-11(9)15/h2-3,8,13H,1,4-7H2. The van der Waals surface area contributed by atoms with Gasteiger partial charge in [0.2, 0.25) is 0 Å². The van der Waals surface area contributed by atoms with E-state index in [1.165, 1.54) is 0 Å². The fourth-order valence-electron chi connectivity index (χ4n) is 1.12. The minimum Gasteiger partial charge on any atom is -0.462 e. The zero-order valence-electron chi connectivity index (χ0n) is 10.6. The normalized spacial score (nSPS) is 16.8. The maximum absolute atomic E-state index is 11.6. The Morgan fingerprint density at radius 1 is 1.35 bits per heavy atom. The lowest BCUT2D eigenvalue weighted by atomic mass is 10.2. The van der Waals surface area contributed by atoms with Crippen LogP contribution in [0.3, 0.4) is 0 Å². The number of esters is 2. The molecule has 1 rings (SSSR count). The van der Waals surface area contributed by atoms with Crippen LogP contribution in [0, 0.1) is 0 Å². The second kappa shape index (κ2) is 8.70. The minimum atomic E-state index is -0.951. The van der Waals surface area contributed by atoms with Crippen LogP contribution in [0.2, 0.25) is 0 Å². The number of carbonyl (C=O) groups excluding carboxylic acids is 3. The molecule has 20 heavy (non-hydrogen) atoms. The quantitative estimate of drug-likeness (QED) is 0.439. The van der Waals surface area contributed by atoms with Gasteiger partial charge in [-0.2, -0.15) is 0 Å². The van der Waals surface area contributed by atoms with Gasteiger partial charge in [-0.3, -0.25) is 0 Å². The van der Waals surface area contributed by atoms with E-state index in [1.54, 1.807) is 0 Å². The van der Waals surface area contributed by atoms with Gasteiger partial charge in [0.25, 0.3) is 0 Å². The highest BCUT2D eigenvalue weighted by molar-refractivity contribution is 5.94. The molecule has 110 valence electrons. The molecular formula is C12H14O8. The molecule has 1 aliphatic rings. The molecule has 1 aliphatic heterocycles. The SMILES string of the molecule is O=C(C=CC1=COC(=O)OCCCOC1=O)OCCO. The molecule has 0 unspecified atom stereocenters. The third-order valence-corrected chi connectivity index (χ3v) is 1.99. The van der Waals surface area contributed by atoms with Crippen molar-refractivity contribution in [2.24, 2.45) is 0 Å². The molecule has 0 fully saturated rings. The summed E-state index contributed by atoms with van der Waals surface area (Å²) < 4.78 is 18.6. The summed E-state index contributed by atoms with van der Waals surface area (Å²) in [6.45, 7) is -0.306. The molecule has 0 atom stereocenters. The molecular weight excluding hydrogens is 272 g/mol. The zero-order valence-corrected chi connectivity index (χ0v) is 10.6. The number of ether oxygens (including phenoxy) is 4. The summed E-state index contributed by atoms with van der Waals surface area (Å²) in [6.07, 6.45) is 2.25. The van der Waals surface area contributed by atoms with E-state index in [4.69, 9.17) is 9.84 Å². The average Bonchev–Trinajstić information content (AvgIpc) is 2.44. The summed E-state index contributed by atoms with van der Waals surface area (Å²) >= 11 is 0. The van der Waals surface area contributed by atoms with Gasteiger partial charge in [0, 0.05) is 12.5 Å². The molecule has 0 amide bonds. The zero-order chi connectivity index (χ0) is 14.8. The van der Waals surface area contributed by atoms with Crippen molar-refractivity contribution in [3.8, 4) is 0 Å². The Morgan fingerprint density at radius 3 is 2.85 bits per heavy atom. The molecule has 8 heteroatoms. The van der Waals surface area contributed by atoms with Crippen molar-refractivity contribution in [3.63, 3.8) is 0 Å². The summed E-state index contributed by atoms with van der Waals surface area (Å²) in [6, 6.07) is 0. The number of hydrogen-bond acceptors (Lipinski definition) is 8. The van der Waals surface area contributed by atoms with Gasteiger partial charge in [-0.15, -0.1) is 0 Å². The predicted molar refractivity (Wildman–Crippen MR) is 63.3 cm³/mol. The van der Waals surface area contributed by atoms with Crippen molar-refractivity contribution in [1.82, 2.24) is 0 Å². The maximum atomic E-state index is 11.6. The summed E-state index contributed by atoms with van der Waals surface area (Å²) in [5, 5.41) is 8.47. The number of hydrogen-bond donors (Lipinski definition) is 1. The van der Waals surface area contributed by atoms with E-state index >= 15 is 0 Å². The van der Waals surface area contributed by atoms with Crippen molar-refractivity contribution < 1.29 is 38.4 Å². The van der Waals surface area contributed by atoms with Crippen molar-refractivity contribution in [2.75, 3.05) is 26.4 Å². The molecule has 0 aliphatic carbocycles. The van der Waals surface area contributed by atoms with Crippen LogP contribution in [0.1, 0.15) is 6.42 Å². The molecule has 8 nitrogen and oxygen atoms in total. The van der Waals surface area contributed by atoms with Gasteiger partial charge in [-0.05, 0) is 6.08 Å². The summed E-state index contributed by atoms with van der Waals surface area (Å²) in [4.78, 5) is 33.8. The van der Waals surface area contributed by atoms with Crippen LogP contribution in [0.25, 0.3) is 0 Å². The first-order chi connectivity index (χ1) is 9.63. The summed E-state index contributed by atoms with van der Waals surface area (Å²) in [5.74, 6) is -1.50. The van der Waals surface area contributed by atoms with E-state index < -0.39 is 18.1 Å². The van der Waals surface area contributed by atoms with E-state index in [-0.39, 0.29) is 32.0 Å². The third kappa shape index (κ3) is 6.01. The van der Waals surface area contributed by atoms with Gasteiger partial charge >= 0.3 is 18.1 Å². The third-order valence-electron chi connectivity index (χ3n) is 1.99. The van der Waals surface area contributed by atoms with Crippen molar-refractivity contribution >= 4 is 18.1 Å². The van der Waals surface area contributed by atoms with Gasteiger partial charge in [0.05, 0.1) is 25.4 Å². The first-order valence-corrected chi connectivity index (χ1v) is 5.80. The molecule has 0 aromatic rings. The molecule has 1 N–H and O–H groups in total. The van der Waals surface area contributed by atoms with Gasteiger partial charge < -0.3 is 24.1 Å². The second-order valence-corrected chi connectivity index (χ2v) is 3.50. The van der Waals surface area contributed by atoms with Crippen LogP contribution in [-0.2, 0) is 28.5 Å². The first-order valence-electron chi connectivity index (χ1n) is 5.80. The highest BCUT2D eigenvalue weighted by Gasteiger charge is 2.13. The Labute approximate surface area is 114 Å². The van der Waals surface area contributed by atoms with E-state index in [0.29, 0.717) is 6.42 Å². The van der Waals surface area contributed by atoms with Crippen LogP contribution >= 0.6 is 0 Å². The first kappa shape index (κ1) is 15.7. The number of aliphatic hydroxyl groups is 1. The maximum Gasteiger partial charge on any atom is 0.513 e. The Morgan fingerprint density at radius 2 is 2.10 bits per heavy atom. The lowest BCUT2D eigenvalue weighted by Gasteiger charge is -2.09. The summed E-state index contributed by atoms with van der Waals surface area (Å²) in [7, 11) is 0. The molecule has 1 heterocycles. The van der Waals surface area contributed by atoms with Crippen molar-refractivity contribution in [2.45, 2.75) is 6.42 Å². The Balaban J connectivity index is 2.69. The Bertz CT molecular complexity index is 423. The largest absolute Gasteiger partial charge is 0.513 e. The highest BCUT2D eigenvalue weighted by Crippen LogP contribution is 2.05. The highest BCUT2D eigenvalue weighted by atomic mass is 16.7. The Hall–Kier alpha value is -2.35. The fourth-order valence-corrected chi connectivity index (χ4v) is 1.12. The fraction of sp³-hybridized carbons (Fsp3) is 0.417. The van der Waals surface area contributed by atoms with Crippen LogP contribution in [0.5, 0.6) is 0 Å².